The zero-order valence-corrected chi connectivity index (χ0v) is 12.0. The van der Waals surface area contributed by atoms with E-state index in [2.05, 4.69) is 10.6 Å². The van der Waals surface area contributed by atoms with E-state index < -0.39 is 5.97 Å². The number of carboxylic acids is 1. The summed E-state index contributed by atoms with van der Waals surface area (Å²) in [6.45, 7) is 0.0368. The summed E-state index contributed by atoms with van der Waals surface area (Å²) in [5.41, 5.74) is 1.02. The van der Waals surface area contributed by atoms with Crippen LogP contribution in [0.1, 0.15) is 10.4 Å². The Morgan fingerprint density at radius 2 is 1.86 bits per heavy atom. The molecule has 0 unspecified atom stereocenters. The predicted octanol–water partition coefficient (Wildman–Crippen LogP) is 2.44. The van der Waals surface area contributed by atoms with E-state index in [1.165, 1.54) is 19.2 Å². The number of hydrogen-bond donors (Lipinski definition) is 3. The van der Waals surface area contributed by atoms with Crippen molar-refractivity contribution in [1.82, 2.24) is 0 Å². The average molecular weight is 300 g/mol. The molecule has 0 aliphatic carbocycles. The minimum absolute atomic E-state index is 0.0209. The Balaban J connectivity index is 2.03. The van der Waals surface area contributed by atoms with Gasteiger partial charge in [-0.15, -0.1) is 0 Å². The molecule has 2 aromatic carbocycles. The van der Waals surface area contributed by atoms with Crippen molar-refractivity contribution in [2.75, 3.05) is 24.3 Å². The number of para-hydroxylation sites is 1. The van der Waals surface area contributed by atoms with Crippen LogP contribution in [0, 0.1) is 0 Å². The molecular formula is C16H16N2O4. The molecule has 0 aliphatic heterocycles. The van der Waals surface area contributed by atoms with Crippen molar-refractivity contribution in [2.45, 2.75) is 0 Å². The molecule has 2 aromatic rings. The fourth-order valence-electron chi connectivity index (χ4n) is 1.87. The zero-order chi connectivity index (χ0) is 15.9. The summed E-state index contributed by atoms with van der Waals surface area (Å²) >= 11 is 0. The average Bonchev–Trinajstić information content (AvgIpc) is 2.54. The van der Waals surface area contributed by atoms with Crippen LogP contribution in [0.25, 0.3) is 0 Å². The first kappa shape index (κ1) is 15.4. The quantitative estimate of drug-likeness (QED) is 0.762. The molecule has 1 amide bonds. The molecule has 0 aromatic heterocycles. The van der Waals surface area contributed by atoms with Crippen LogP contribution >= 0.6 is 0 Å². The number of carbonyl (C=O) groups is 2. The molecule has 0 radical (unpaired) electrons. The lowest BCUT2D eigenvalue weighted by Crippen LogP contribution is -2.23. The number of anilines is 2. The lowest BCUT2D eigenvalue weighted by Gasteiger charge is -2.11. The standard InChI is InChI=1S/C16H16N2O4/c1-22-12-7-8-14(13(9-12)16(20)21)18-15(19)10-17-11-5-3-2-4-6-11/h2-9,17H,10H2,1H3,(H,18,19)(H,20,21). The van der Waals surface area contributed by atoms with Crippen LogP contribution in [0.2, 0.25) is 0 Å². The fourth-order valence-corrected chi connectivity index (χ4v) is 1.87. The minimum Gasteiger partial charge on any atom is -0.497 e. The maximum Gasteiger partial charge on any atom is 0.337 e. The second-order valence-corrected chi connectivity index (χ2v) is 4.48. The van der Waals surface area contributed by atoms with Gasteiger partial charge in [0.25, 0.3) is 0 Å². The van der Waals surface area contributed by atoms with Gasteiger partial charge in [0.2, 0.25) is 5.91 Å². The van der Waals surface area contributed by atoms with Gasteiger partial charge >= 0.3 is 5.97 Å². The second kappa shape index (κ2) is 7.12. The summed E-state index contributed by atoms with van der Waals surface area (Å²) in [4.78, 5) is 23.1. The molecular weight excluding hydrogens is 284 g/mol. The number of carboxylic acid groups (broad SMARTS) is 1. The van der Waals surface area contributed by atoms with Gasteiger partial charge in [0, 0.05) is 5.69 Å². The molecule has 2 rings (SSSR count). The maximum absolute atomic E-state index is 11.9. The zero-order valence-electron chi connectivity index (χ0n) is 12.0. The highest BCUT2D eigenvalue weighted by Crippen LogP contribution is 2.22. The van der Waals surface area contributed by atoms with E-state index in [1.54, 1.807) is 6.07 Å². The highest BCUT2D eigenvalue weighted by atomic mass is 16.5. The Morgan fingerprint density at radius 1 is 1.14 bits per heavy atom. The van der Waals surface area contributed by atoms with Crippen molar-refractivity contribution < 1.29 is 19.4 Å². The first-order valence-corrected chi connectivity index (χ1v) is 6.60. The van der Waals surface area contributed by atoms with Gasteiger partial charge in [0.05, 0.1) is 24.9 Å². The largest absolute Gasteiger partial charge is 0.497 e. The van der Waals surface area contributed by atoms with Crippen LogP contribution in [-0.4, -0.2) is 30.6 Å². The summed E-state index contributed by atoms with van der Waals surface area (Å²) < 4.78 is 4.98. The molecule has 0 spiro atoms. The molecule has 3 N–H and O–H groups in total. The number of amides is 1. The van der Waals surface area contributed by atoms with Gasteiger partial charge in [-0.3, -0.25) is 4.79 Å². The lowest BCUT2D eigenvalue weighted by molar-refractivity contribution is -0.114. The molecule has 0 atom stereocenters. The van der Waals surface area contributed by atoms with Gasteiger partial charge in [0.15, 0.2) is 0 Å². The van der Waals surface area contributed by atoms with Gasteiger partial charge in [-0.2, -0.15) is 0 Å². The molecule has 0 aliphatic rings. The summed E-state index contributed by atoms with van der Waals surface area (Å²) in [6, 6.07) is 13.7. The SMILES string of the molecule is COc1ccc(NC(=O)CNc2ccccc2)c(C(=O)O)c1. The van der Waals surface area contributed by atoms with Crippen molar-refractivity contribution in [3.05, 3.63) is 54.1 Å². The van der Waals surface area contributed by atoms with Crippen molar-refractivity contribution in [1.29, 1.82) is 0 Å². The van der Waals surface area contributed by atoms with E-state index >= 15 is 0 Å². The monoisotopic (exact) mass is 300 g/mol. The third kappa shape index (κ3) is 3.99. The van der Waals surface area contributed by atoms with Crippen LogP contribution < -0.4 is 15.4 Å². The molecule has 0 saturated carbocycles. The molecule has 22 heavy (non-hydrogen) atoms. The number of nitrogens with one attached hydrogen (secondary N) is 2. The van der Waals surface area contributed by atoms with Gasteiger partial charge in [-0.25, -0.2) is 4.79 Å². The van der Waals surface area contributed by atoms with Crippen molar-refractivity contribution >= 4 is 23.3 Å². The van der Waals surface area contributed by atoms with Crippen LogP contribution in [0.3, 0.4) is 0 Å². The number of hydrogen-bond acceptors (Lipinski definition) is 4. The van der Waals surface area contributed by atoms with E-state index in [-0.39, 0.29) is 23.7 Å². The van der Waals surface area contributed by atoms with Crippen LogP contribution in [0.5, 0.6) is 5.75 Å². The summed E-state index contributed by atoms with van der Waals surface area (Å²) in [5, 5.41) is 14.7. The van der Waals surface area contributed by atoms with Crippen molar-refractivity contribution in [3.63, 3.8) is 0 Å². The number of carbonyl (C=O) groups excluding carboxylic acids is 1. The van der Waals surface area contributed by atoms with Crippen LogP contribution in [0.4, 0.5) is 11.4 Å². The van der Waals surface area contributed by atoms with Crippen molar-refractivity contribution in [2.24, 2.45) is 0 Å². The minimum atomic E-state index is -1.13. The third-order valence-corrected chi connectivity index (χ3v) is 2.96. The van der Waals surface area contributed by atoms with E-state index in [0.29, 0.717) is 5.75 Å². The van der Waals surface area contributed by atoms with Gasteiger partial charge in [-0.05, 0) is 30.3 Å². The van der Waals surface area contributed by atoms with E-state index in [9.17, 15) is 14.7 Å². The Bertz CT molecular complexity index is 671. The molecule has 0 heterocycles. The first-order chi connectivity index (χ1) is 10.6. The number of rotatable bonds is 6. The molecule has 0 bridgehead atoms. The Hall–Kier alpha value is -3.02. The van der Waals surface area contributed by atoms with Gasteiger partial charge < -0.3 is 20.5 Å². The molecule has 0 fully saturated rings. The van der Waals surface area contributed by atoms with Crippen molar-refractivity contribution in [3.8, 4) is 5.75 Å². The van der Waals surface area contributed by atoms with E-state index in [4.69, 9.17) is 4.74 Å². The maximum atomic E-state index is 11.9. The number of ether oxygens (including phenoxy) is 1. The highest BCUT2D eigenvalue weighted by Gasteiger charge is 2.13. The molecule has 6 heteroatoms. The summed E-state index contributed by atoms with van der Waals surface area (Å²) in [6.07, 6.45) is 0. The normalized spacial score (nSPS) is 9.86. The second-order valence-electron chi connectivity index (χ2n) is 4.48. The summed E-state index contributed by atoms with van der Waals surface area (Å²) in [7, 11) is 1.45. The molecule has 6 nitrogen and oxygen atoms in total. The number of aromatic carboxylic acids is 1. The fraction of sp³-hybridized carbons (Fsp3) is 0.125. The smallest absolute Gasteiger partial charge is 0.337 e. The Labute approximate surface area is 127 Å². The summed E-state index contributed by atoms with van der Waals surface area (Å²) in [5.74, 6) is -1.06. The topological polar surface area (TPSA) is 87.7 Å². The lowest BCUT2D eigenvalue weighted by atomic mass is 10.1. The number of benzene rings is 2. The third-order valence-electron chi connectivity index (χ3n) is 2.96. The van der Waals surface area contributed by atoms with Gasteiger partial charge in [-0.1, -0.05) is 18.2 Å². The van der Waals surface area contributed by atoms with Crippen LogP contribution in [-0.2, 0) is 4.79 Å². The molecule has 114 valence electrons. The first-order valence-electron chi connectivity index (χ1n) is 6.60. The van der Waals surface area contributed by atoms with E-state index in [1.807, 2.05) is 30.3 Å². The van der Waals surface area contributed by atoms with E-state index in [0.717, 1.165) is 5.69 Å². The Morgan fingerprint density at radius 3 is 2.50 bits per heavy atom. The number of methoxy groups -OCH3 is 1. The molecule has 0 saturated heterocycles. The predicted molar refractivity (Wildman–Crippen MR) is 83.5 cm³/mol. The van der Waals surface area contributed by atoms with Gasteiger partial charge in [0.1, 0.15) is 5.75 Å². The van der Waals surface area contributed by atoms with Crippen LogP contribution in [0.15, 0.2) is 48.5 Å². The highest BCUT2D eigenvalue weighted by molar-refractivity contribution is 6.01. The Kier molecular flexibility index (Phi) is 4.98.